The average Bonchev–Trinajstić information content (AvgIpc) is 2.94. The molecule has 0 spiro atoms. The van der Waals surface area contributed by atoms with Crippen LogP contribution in [0.15, 0.2) is 29.1 Å². The molecule has 2 rings (SSSR count). The molecule has 0 unspecified atom stereocenters. The Hall–Kier alpha value is -1.56. The molecule has 0 bridgehead atoms. The van der Waals surface area contributed by atoms with Crippen molar-refractivity contribution in [1.29, 1.82) is 0 Å². The second-order valence-corrected chi connectivity index (χ2v) is 4.53. The van der Waals surface area contributed by atoms with Gasteiger partial charge >= 0.3 is 0 Å². The Balaban J connectivity index is 2.04. The molecular weight excluding hydrogens is 284 g/mol. The van der Waals surface area contributed by atoms with Gasteiger partial charge in [0.1, 0.15) is 5.69 Å². The van der Waals surface area contributed by atoms with Crippen molar-refractivity contribution in [2.24, 2.45) is 0 Å². The van der Waals surface area contributed by atoms with Gasteiger partial charge in [0.15, 0.2) is 0 Å². The van der Waals surface area contributed by atoms with Gasteiger partial charge in [0.2, 0.25) is 0 Å². The van der Waals surface area contributed by atoms with E-state index in [0.29, 0.717) is 12.2 Å². The normalized spacial score (nSPS) is 10.5. The molecule has 0 aliphatic heterocycles. The molecular formula is C11H13BrN4O. The zero-order valence-electron chi connectivity index (χ0n) is 9.40. The smallest absolute Gasteiger partial charge is 0.268 e. The van der Waals surface area contributed by atoms with Gasteiger partial charge in [-0.25, -0.2) is 0 Å². The summed E-state index contributed by atoms with van der Waals surface area (Å²) in [4.78, 5) is 11.9. The predicted molar refractivity (Wildman–Crippen MR) is 67.6 cm³/mol. The fourth-order valence-corrected chi connectivity index (χ4v) is 2.04. The van der Waals surface area contributed by atoms with E-state index in [4.69, 9.17) is 0 Å². The quantitative estimate of drug-likeness (QED) is 0.905. The number of nitrogens with zero attached hydrogens (tertiary/aromatic N) is 2. The number of hydrogen-bond donors (Lipinski definition) is 2. The highest BCUT2D eigenvalue weighted by Gasteiger charge is 2.11. The fourth-order valence-electron chi connectivity index (χ4n) is 1.57. The predicted octanol–water partition coefficient (Wildman–Crippen LogP) is 1.92. The van der Waals surface area contributed by atoms with E-state index in [0.717, 1.165) is 16.6 Å². The van der Waals surface area contributed by atoms with E-state index < -0.39 is 0 Å². The topological polar surface area (TPSA) is 62.7 Å². The minimum absolute atomic E-state index is 0.0845. The summed E-state index contributed by atoms with van der Waals surface area (Å²) in [5.41, 5.74) is 1.61. The van der Waals surface area contributed by atoms with Crippen molar-refractivity contribution in [3.63, 3.8) is 0 Å². The van der Waals surface area contributed by atoms with Crippen LogP contribution in [-0.2, 0) is 13.1 Å². The molecule has 0 fully saturated rings. The molecule has 2 aromatic rings. The van der Waals surface area contributed by atoms with Crippen molar-refractivity contribution in [2.75, 3.05) is 0 Å². The number of halogens is 1. The number of H-pyrrole nitrogens is 1. The zero-order valence-corrected chi connectivity index (χ0v) is 11.0. The van der Waals surface area contributed by atoms with E-state index in [1.54, 1.807) is 12.4 Å². The van der Waals surface area contributed by atoms with Gasteiger partial charge in [-0.1, -0.05) is 0 Å². The number of aromatic nitrogens is 3. The van der Waals surface area contributed by atoms with Crippen LogP contribution in [0.25, 0.3) is 0 Å². The van der Waals surface area contributed by atoms with Gasteiger partial charge < -0.3 is 9.88 Å². The first-order valence-corrected chi connectivity index (χ1v) is 6.11. The van der Waals surface area contributed by atoms with Crippen LogP contribution in [0.4, 0.5) is 0 Å². The third-order valence-electron chi connectivity index (χ3n) is 2.44. The lowest BCUT2D eigenvalue weighted by molar-refractivity contribution is 0.0942. The molecule has 90 valence electrons. The molecule has 17 heavy (non-hydrogen) atoms. The number of aryl methyl sites for hydroxylation is 1. The van der Waals surface area contributed by atoms with Crippen molar-refractivity contribution in [3.8, 4) is 0 Å². The second kappa shape index (κ2) is 5.18. The van der Waals surface area contributed by atoms with E-state index in [9.17, 15) is 4.79 Å². The number of carbonyl (C=O) groups excluding carboxylic acids is 1. The molecule has 0 saturated heterocycles. The molecule has 1 amide bonds. The summed E-state index contributed by atoms with van der Waals surface area (Å²) in [6.45, 7) is 3.24. The van der Waals surface area contributed by atoms with Crippen molar-refractivity contribution in [3.05, 3.63) is 40.4 Å². The van der Waals surface area contributed by atoms with E-state index in [-0.39, 0.29) is 5.91 Å². The van der Waals surface area contributed by atoms with Gasteiger partial charge in [-0.15, -0.1) is 0 Å². The second-order valence-electron chi connectivity index (χ2n) is 3.62. The van der Waals surface area contributed by atoms with Crippen LogP contribution < -0.4 is 5.32 Å². The zero-order chi connectivity index (χ0) is 12.3. The average molecular weight is 297 g/mol. The summed E-state index contributed by atoms with van der Waals surface area (Å²) >= 11 is 3.37. The molecule has 0 radical (unpaired) electrons. The highest BCUT2D eigenvalue weighted by atomic mass is 79.9. The molecule has 0 aliphatic carbocycles. The van der Waals surface area contributed by atoms with Gasteiger partial charge in [-0.3, -0.25) is 9.89 Å². The van der Waals surface area contributed by atoms with Crippen LogP contribution in [0.3, 0.4) is 0 Å². The molecule has 0 atom stereocenters. The lowest BCUT2D eigenvalue weighted by atomic mass is 10.3. The highest BCUT2D eigenvalue weighted by Crippen LogP contribution is 2.14. The molecule has 2 aromatic heterocycles. The van der Waals surface area contributed by atoms with Crippen molar-refractivity contribution < 1.29 is 4.79 Å². The minimum Gasteiger partial charge on any atom is -0.347 e. The SMILES string of the molecule is CCn1cc(Br)cc1C(=O)NCc1cn[nH]c1. The van der Waals surface area contributed by atoms with Crippen LogP contribution in [-0.4, -0.2) is 20.7 Å². The molecule has 0 aliphatic rings. The van der Waals surface area contributed by atoms with Crippen LogP contribution in [0, 0.1) is 0 Å². The Morgan fingerprint density at radius 3 is 3.12 bits per heavy atom. The first-order valence-electron chi connectivity index (χ1n) is 5.32. The lowest BCUT2D eigenvalue weighted by Crippen LogP contribution is -2.25. The van der Waals surface area contributed by atoms with E-state index >= 15 is 0 Å². The number of carbonyl (C=O) groups is 1. The maximum absolute atomic E-state index is 11.9. The van der Waals surface area contributed by atoms with Crippen molar-refractivity contribution >= 4 is 21.8 Å². The van der Waals surface area contributed by atoms with Gasteiger partial charge in [-0.05, 0) is 28.9 Å². The Kier molecular flexibility index (Phi) is 3.63. The number of aromatic amines is 1. The standard InChI is InChI=1S/C11H13BrN4O/c1-2-16-7-9(12)3-10(16)11(17)13-4-8-5-14-15-6-8/h3,5-7H,2,4H2,1H3,(H,13,17)(H,14,15). The van der Waals surface area contributed by atoms with Crippen LogP contribution >= 0.6 is 15.9 Å². The van der Waals surface area contributed by atoms with Crippen LogP contribution in [0.1, 0.15) is 23.0 Å². The molecule has 0 saturated carbocycles. The summed E-state index contributed by atoms with van der Waals surface area (Å²) in [7, 11) is 0. The monoisotopic (exact) mass is 296 g/mol. The number of hydrogen-bond acceptors (Lipinski definition) is 2. The van der Waals surface area contributed by atoms with E-state index in [1.165, 1.54) is 0 Å². The number of nitrogens with one attached hydrogen (secondary N) is 2. The van der Waals surface area contributed by atoms with Crippen molar-refractivity contribution in [1.82, 2.24) is 20.1 Å². The minimum atomic E-state index is -0.0845. The van der Waals surface area contributed by atoms with Gasteiger partial charge in [0.25, 0.3) is 5.91 Å². The summed E-state index contributed by atoms with van der Waals surface area (Å²) in [6, 6.07) is 1.81. The third kappa shape index (κ3) is 2.76. The van der Waals surface area contributed by atoms with Crippen LogP contribution in [0.2, 0.25) is 0 Å². The summed E-state index contributed by atoms with van der Waals surface area (Å²) < 4.78 is 2.81. The third-order valence-corrected chi connectivity index (χ3v) is 2.88. The Morgan fingerprint density at radius 1 is 1.65 bits per heavy atom. The molecule has 5 nitrogen and oxygen atoms in total. The number of rotatable bonds is 4. The molecule has 2 N–H and O–H groups in total. The Bertz CT molecular complexity index is 504. The lowest BCUT2D eigenvalue weighted by Gasteiger charge is -2.06. The van der Waals surface area contributed by atoms with Crippen molar-refractivity contribution in [2.45, 2.75) is 20.0 Å². The maximum Gasteiger partial charge on any atom is 0.268 e. The van der Waals surface area contributed by atoms with E-state index in [2.05, 4.69) is 31.4 Å². The Morgan fingerprint density at radius 2 is 2.47 bits per heavy atom. The Labute approximate surface area is 107 Å². The summed E-state index contributed by atoms with van der Waals surface area (Å²) in [6.07, 6.45) is 5.34. The van der Waals surface area contributed by atoms with Gasteiger partial charge in [0, 0.05) is 35.5 Å². The van der Waals surface area contributed by atoms with Gasteiger partial charge in [0.05, 0.1) is 6.20 Å². The van der Waals surface area contributed by atoms with Gasteiger partial charge in [-0.2, -0.15) is 5.10 Å². The fraction of sp³-hybridized carbons (Fsp3) is 0.273. The van der Waals surface area contributed by atoms with E-state index in [1.807, 2.05) is 23.8 Å². The molecule has 6 heteroatoms. The highest BCUT2D eigenvalue weighted by molar-refractivity contribution is 9.10. The summed E-state index contributed by atoms with van der Waals surface area (Å²) in [5, 5.41) is 9.38. The number of amides is 1. The molecule has 0 aromatic carbocycles. The van der Waals surface area contributed by atoms with Crippen LogP contribution in [0.5, 0.6) is 0 Å². The largest absolute Gasteiger partial charge is 0.347 e. The molecule has 2 heterocycles. The maximum atomic E-state index is 11.9. The summed E-state index contributed by atoms with van der Waals surface area (Å²) in [5.74, 6) is -0.0845. The first-order chi connectivity index (χ1) is 8.20. The first kappa shape index (κ1) is 11.9.